The summed E-state index contributed by atoms with van der Waals surface area (Å²) in [5, 5.41) is 3.10. The number of imidazole rings is 1. The van der Waals surface area contributed by atoms with Crippen molar-refractivity contribution in [1.82, 2.24) is 24.8 Å². The lowest BCUT2D eigenvalue weighted by Gasteiger charge is -2.32. The molecule has 2 aromatic heterocycles. The molecule has 0 unspecified atom stereocenters. The summed E-state index contributed by atoms with van der Waals surface area (Å²) < 4.78 is 2.01. The molecular weight excluding hydrogens is 362 g/mol. The highest BCUT2D eigenvalue weighted by atomic mass is 16.1. The molecule has 0 radical (unpaired) electrons. The quantitative estimate of drug-likeness (QED) is 0.697. The number of fused-ring (bicyclic) bond motifs is 1. The van der Waals surface area contributed by atoms with Crippen LogP contribution in [0.3, 0.4) is 0 Å². The Bertz CT molecular complexity index is 958. The van der Waals surface area contributed by atoms with Gasteiger partial charge in [0, 0.05) is 25.3 Å². The molecule has 1 amide bonds. The van der Waals surface area contributed by atoms with Crippen LogP contribution in [0.1, 0.15) is 48.7 Å². The number of piperidine rings is 1. The zero-order chi connectivity index (χ0) is 20.2. The van der Waals surface area contributed by atoms with Gasteiger partial charge in [0.2, 0.25) is 0 Å². The smallest absolute Gasteiger partial charge is 0.252 e. The summed E-state index contributed by atoms with van der Waals surface area (Å²) in [6.07, 6.45) is 5.67. The summed E-state index contributed by atoms with van der Waals surface area (Å²) in [7, 11) is 0. The van der Waals surface area contributed by atoms with Gasteiger partial charge in [-0.05, 0) is 57.3 Å². The van der Waals surface area contributed by atoms with Crippen LogP contribution in [0, 0.1) is 5.92 Å². The van der Waals surface area contributed by atoms with Gasteiger partial charge in [-0.2, -0.15) is 0 Å². The molecule has 0 atom stereocenters. The third-order valence-electron chi connectivity index (χ3n) is 5.74. The SMILES string of the molecule is CC(C)n1cnc2cc(C(=O)NCC3CCN(Cc4ccccc4)CC3)cnc21. The van der Waals surface area contributed by atoms with Crippen molar-refractivity contribution in [3.63, 3.8) is 0 Å². The third kappa shape index (κ3) is 4.65. The fraction of sp³-hybridized carbons (Fsp3) is 0.435. The number of carbonyl (C=O) groups excluding carboxylic acids is 1. The number of hydrogen-bond donors (Lipinski definition) is 1. The monoisotopic (exact) mass is 391 g/mol. The van der Waals surface area contributed by atoms with Gasteiger partial charge >= 0.3 is 0 Å². The first-order chi connectivity index (χ1) is 14.1. The first kappa shape index (κ1) is 19.6. The Morgan fingerprint density at radius 3 is 2.66 bits per heavy atom. The Labute approximate surface area is 172 Å². The number of benzene rings is 1. The predicted octanol–water partition coefficient (Wildman–Crippen LogP) is 3.65. The molecule has 6 nitrogen and oxygen atoms in total. The van der Waals surface area contributed by atoms with E-state index >= 15 is 0 Å². The van der Waals surface area contributed by atoms with Crippen LogP contribution in [-0.2, 0) is 6.54 Å². The molecule has 1 saturated heterocycles. The van der Waals surface area contributed by atoms with Crippen LogP contribution < -0.4 is 5.32 Å². The lowest BCUT2D eigenvalue weighted by molar-refractivity contribution is 0.0935. The highest BCUT2D eigenvalue weighted by Crippen LogP contribution is 2.19. The Morgan fingerprint density at radius 2 is 1.93 bits per heavy atom. The van der Waals surface area contributed by atoms with E-state index in [0.29, 0.717) is 17.5 Å². The summed E-state index contributed by atoms with van der Waals surface area (Å²) in [5.74, 6) is 0.466. The average Bonchev–Trinajstić information content (AvgIpc) is 3.17. The van der Waals surface area contributed by atoms with E-state index in [1.807, 2.05) is 10.6 Å². The van der Waals surface area contributed by atoms with E-state index in [1.54, 1.807) is 12.5 Å². The summed E-state index contributed by atoms with van der Waals surface area (Å²) >= 11 is 0. The number of carbonyl (C=O) groups is 1. The zero-order valence-electron chi connectivity index (χ0n) is 17.2. The molecule has 6 heteroatoms. The lowest BCUT2D eigenvalue weighted by Crippen LogP contribution is -2.38. The number of likely N-dealkylation sites (tertiary alicyclic amines) is 1. The molecule has 4 rings (SSSR count). The van der Waals surface area contributed by atoms with Gasteiger partial charge in [0.05, 0.1) is 11.9 Å². The second-order valence-electron chi connectivity index (χ2n) is 8.23. The van der Waals surface area contributed by atoms with Crippen LogP contribution in [0.15, 0.2) is 48.9 Å². The average molecular weight is 392 g/mol. The maximum atomic E-state index is 12.6. The van der Waals surface area contributed by atoms with E-state index in [-0.39, 0.29) is 5.91 Å². The number of aromatic nitrogens is 3. The summed E-state index contributed by atoms with van der Waals surface area (Å²) in [5.41, 5.74) is 3.53. The van der Waals surface area contributed by atoms with E-state index < -0.39 is 0 Å². The van der Waals surface area contributed by atoms with Gasteiger partial charge in [-0.15, -0.1) is 0 Å². The van der Waals surface area contributed by atoms with Crippen molar-refractivity contribution in [3.8, 4) is 0 Å². The van der Waals surface area contributed by atoms with Gasteiger partial charge in [-0.25, -0.2) is 9.97 Å². The molecule has 0 aliphatic carbocycles. The molecule has 0 bridgehead atoms. The summed E-state index contributed by atoms with van der Waals surface area (Å²) in [4.78, 5) is 23.9. The summed E-state index contributed by atoms with van der Waals surface area (Å²) in [6, 6.07) is 12.7. The number of amides is 1. The van der Waals surface area contributed by atoms with Gasteiger partial charge in [-0.1, -0.05) is 30.3 Å². The number of rotatable bonds is 6. The van der Waals surface area contributed by atoms with Crippen molar-refractivity contribution < 1.29 is 4.79 Å². The van der Waals surface area contributed by atoms with E-state index in [4.69, 9.17) is 0 Å². The Balaban J connectivity index is 1.27. The highest BCUT2D eigenvalue weighted by molar-refractivity contribution is 5.96. The molecule has 0 spiro atoms. The van der Waals surface area contributed by atoms with Crippen LogP contribution in [0.5, 0.6) is 0 Å². The number of nitrogens with one attached hydrogen (secondary N) is 1. The van der Waals surface area contributed by atoms with Crippen molar-refractivity contribution >= 4 is 17.1 Å². The maximum Gasteiger partial charge on any atom is 0.252 e. The van der Waals surface area contributed by atoms with Gasteiger partial charge in [0.15, 0.2) is 5.65 Å². The van der Waals surface area contributed by atoms with Crippen LogP contribution in [0.25, 0.3) is 11.2 Å². The minimum Gasteiger partial charge on any atom is -0.352 e. The Kier molecular flexibility index (Phi) is 5.90. The molecule has 1 aliphatic rings. The highest BCUT2D eigenvalue weighted by Gasteiger charge is 2.20. The molecule has 1 N–H and O–H groups in total. The largest absolute Gasteiger partial charge is 0.352 e. The number of hydrogen-bond acceptors (Lipinski definition) is 4. The molecule has 1 aliphatic heterocycles. The van der Waals surface area contributed by atoms with E-state index in [0.717, 1.165) is 50.2 Å². The minimum absolute atomic E-state index is 0.0646. The lowest BCUT2D eigenvalue weighted by atomic mass is 9.96. The van der Waals surface area contributed by atoms with Crippen LogP contribution in [-0.4, -0.2) is 45.0 Å². The molecule has 152 valence electrons. The Hall–Kier alpha value is -2.73. The van der Waals surface area contributed by atoms with Crippen molar-refractivity contribution in [3.05, 3.63) is 60.0 Å². The Morgan fingerprint density at radius 1 is 1.17 bits per heavy atom. The van der Waals surface area contributed by atoms with Crippen molar-refractivity contribution in [2.45, 2.75) is 39.3 Å². The standard InChI is InChI=1S/C23H29N5O/c1-17(2)28-16-26-21-12-20(14-24-22(21)28)23(29)25-13-18-8-10-27(11-9-18)15-19-6-4-3-5-7-19/h3-7,12,14,16-18H,8-11,13,15H2,1-2H3,(H,25,29). The van der Waals surface area contributed by atoms with Crippen LogP contribution >= 0.6 is 0 Å². The molecule has 0 saturated carbocycles. The van der Waals surface area contributed by atoms with Crippen molar-refractivity contribution in [2.75, 3.05) is 19.6 Å². The van der Waals surface area contributed by atoms with Crippen LogP contribution in [0.2, 0.25) is 0 Å². The predicted molar refractivity (Wildman–Crippen MR) is 115 cm³/mol. The zero-order valence-corrected chi connectivity index (χ0v) is 17.2. The molecule has 1 aromatic carbocycles. The second-order valence-corrected chi connectivity index (χ2v) is 8.23. The first-order valence-electron chi connectivity index (χ1n) is 10.5. The van der Waals surface area contributed by atoms with Crippen molar-refractivity contribution in [1.29, 1.82) is 0 Å². The molecule has 3 heterocycles. The molecule has 1 fully saturated rings. The molecule has 3 aromatic rings. The van der Waals surface area contributed by atoms with Gasteiger partial charge < -0.3 is 9.88 Å². The minimum atomic E-state index is -0.0646. The topological polar surface area (TPSA) is 63.1 Å². The fourth-order valence-electron chi connectivity index (χ4n) is 3.95. The number of pyridine rings is 1. The van der Waals surface area contributed by atoms with E-state index in [1.165, 1.54) is 5.56 Å². The van der Waals surface area contributed by atoms with Gasteiger partial charge in [0.1, 0.15) is 5.52 Å². The van der Waals surface area contributed by atoms with Crippen LogP contribution in [0.4, 0.5) is 0 Å². The van der Waals surface area contributed by atoms with Gasteiger partial charge in [0.25, 0.3) is 5.91 Å². The normalized spacial score (nSPS) is 15.8. The van der Waals surface area contributed by atoms with E-state index in [2.05, 4.69) is 64.4 Å². The van der Waals surface area contributed by atoms with E-state index in [9.17, 15) is 4.79 Å². The molecule has 29 heavy (non-hydrogen) atoms. The second kappa shape index (κ2) is 8.74. The fourth-order valence-corrected chi connectivity index (χ4v) is 3.95. The van der Waals surface area contributed by atoms with Gasteiger partial charge in [-0.3, -0.25) is 9.69 Å². The first-order valence-corrected chi connectivity index (χ1v) is 10.5. The summed E-state index contributed by atoms with van der Waals surface area (Å²) in [6.45, 7) is 8.07. The maximum absolute atomic E-state index is 12.6. The molecular formula is C23H29N5O. The number of nitrogens with zero attached hydrogens (tertiary/aromatic N) is 4. The third-order valence-corrected chi connectivity index (χ3v) is 5.74. The van der Waals surface area contributed by atoms with Crippen molar-refractivity contribution in [2.24, 2.45) is 5.92 Å².